The van der Waals surface area contributed by atoms with Gasteiger partial charge in [0, 0.05) is 16.5 Å². The summed E-state index contributed by atoms with van der Waals surface area (Å²) in [6, 6.07) is 10.4. The Morgan fingerprint density at radius 2 is 2.13 bits per heavy atom. The highest BCUT2D eigenvalue weighted by molar-refractivity contribution is 9.10. The van der Waals surface area contributed by atoms with E-state index in [2.05, 4.69) is 26.0 Å². The minimum absolute atomic E-state index is 0.227. The van der Waals surface area contributed by atoms with E-state index < -0.39 is 12.1 Å². The summed E-state index contributed by atoms with van der Waals surface area (Å²) in [4.78, 5) is 29.0. The number of carboxylic acids is 1. The van der Waals surface area contributed by atoms with E-state index in [1.807, 2.05) is 13.0 Å². The first kappa shape index (κ1) is 22.5. The maximum atomic E-state index is 13.1. The first-order chi connectivity index (χ1) is 14.8. The highest BCUT2D eigenvalue weighted by Crippen LogP contribution is 2.31. The van der Waals surface area contributed by atoms with Crippen LogP contribution in [-0.4, -0.2) is 40.2 Å². The molecule has 0 bridgehead atoms. The molecule has 31 heavy (non-hydrogen) atoms. The Morgan fingerprint density at radius 3 is 2.81 bits per heavy atom. The van der Waals surface area contributed by atoms with E-state index >= 15 is 0 Å². The molecular formula is C22H22BrN3O5. The Kier molecular flexibility index (Phi) is 7.06. The summed E-state index contributed by atoms with van der Waals surface area (Å²) in [5.74, 6) is 0.00590. The number of aryl methyl sites for hydroxylation is 1. The number of benzene rings is 2. The number of carbonyl (C=O) groups is 1. The Balaban J connectivity index is 2.13. The number of fused-ring (bicyclic) bond motifs is 1. The van der Waals surface area contributed by atoms with Crippen molar-refractivity contribution in [3.05, 3.63) is 62.6 Å². The number of hydrogen-bond acceptors (Lipinski definition) is 6. The van der Waals surface area contributed by atoms with Gasteiger partial charge in [-0.15, -0.1) is 0 Å². The quantitative estimate of drug-likeness (QED) is 0.484. The van der Waals surface area contributed by atoms with Crippen LogP contribution in [0.25, 0.3) is 10.9 Å². The van der Waals surface area contributed by atoms with E-state index in [4.69, 9.17) is 9.47 Å². The van der Waals surface area contributed by atoms with E-state index in [1.165, 1.54) is 24.9 Å². The molecule has 1 aromatic heterocycles. The van der Waals surface area contributed by atoms with E-state index in [-0.39, 0.29) is 11.3 Å². The molecule has 0 aliphatic carbocycles. The van der Waals surface area contributed by atoms with Crippen LogP contribution in [0.15, 0.2) is 50.8 Å². The fourth-order valence-corrected chi connectivity index (χ4v) is 3.33. The lowest BCUT2D eigenvalue weighted by molar-refractivity contribution is -0.144. The van der Waals surface area contributed by atoms with Crippen LogP contribution < -0.4 is 15.0 Å². The lowest BCUT2D eigenvalue weighted by Crippen LogP contribution is -2.24. The number of hydrogen-bond donors (Lipinski definition) is 1. The molecule has 3 rings (SSSR count). The standard InChI is InChI=1S/C22H22BrN3O5/c1-4-6-19-25-17-10-9-15(23)11-16(17)21(27)26(19)24-12-14-7-5-8-18(30-3)20(14)31-13(2)22(28)29/h5,7-13H,4,6H2,1-3H3,(H,28,29)/t13-/m0/s1. The number of rotatable bonds is 8. The topological polar surface area (TPSA) is 103 Å². The third-order valence-corrected chi connectivity index (χ3v) is 5.03. The maximum absolute atomic E-state index is 13.1. The minimum Gasteiger partial charge on any atom is -0.493 e. The fourth-order valence-electron chi connectivity index (χ4n) is 2.97. The van der Waals surface area contributed by atoms with Crippen molar-refractivity contribution in [3.8, 4) is 11.5 Å². The van der Waals surface area contributed by atoms with Crippen LogP contribution in [0.4, 0.5) is 0 Å². The van der Waals surface area contributed by atoms with Gasteiger partial charge in [0.05, 0.1) is 24.2 Å². The predicted octanol–water partition coefficient (Wildman–Crippen LogP) is 3.85. The second-order valence-corrected chi connectivity index (χ2v) is 7.69. The summed E-state index contributed by atoms with van der Waals surface area (Å²) in [6.07, 6.45) is 1.70. The zero-order chi connectivity index (χ0) is 22.5. The van der Waals surface area contributed by atoms with Crippen molar-refractivity contribution < 1.29 is 19.4 Å². The Morgan fingerprint density at radius 1 is 1.35 bits per heavy atom. The van der Waals surface area contributed by atoms with E-state index in [9.17, 15) is 14.7 Å². The van der Waals surface area contributed by atoms with Crippen LogP contribution in [0.3, 0.4) is 0 Å². The lowest BCUT2D eigenvalue weighted by atomic mass is 10.2. The van der Waals surface area contributed by atoms with Crippen molar-refractivity contribution in [2.45, 2.75) is 32.8 Å². The largest absolute Gasteiger partial charge is 0.493 e. The fraction of sp³-hybridized carbons (Fsp3) is 0.273. The van der Waals surface area contributed by atoms with Gasteiger partial charge < -0.3 is 14.6 Å². The second-order valence-electron chi connectivity index (χ2n) is 6.78. The third kappa shape index (κ3) is 4.93. The first-order valence-corrected chi connectivity index (χ1v) is 10.5. The number of para-hydroxylation sites is 1. The van der Waals surface area contributed by atoms with Gasteiger partial charge in [-0.3, -0.25) is 4.79 Å². The molecule has 1 N–H and O–H groups in total. The molecule has 0 unspecified atom stereocenters. The minimum atomic E-state index is -1.11. The molecule has 162 valence electrons. The average molecular weight is 488 g/mol. The monoisotopic (exact) mass is 487 g/mol. The smallest absolute Gasteiger partial charge is 0.344 e. The van der Waals surface area contributed by atoms with Crippen molar-refractivity contribution in [1.82, 2.24) is 9.66 Å². The molecule has 0 saturated carbocycles. The van der Waals surface area contributed by atoms with E-state index in [0.717, 1.165) is 10.9 Å². The number of halogens is 1. The third-order valence-electron chi connectivity index (χ3n) is 4.53. The molecule has 0 radical (unpaired) electrons. The number of nitrogens with zero attached hydrogens (tertiary/aromatic N) is 3. The molecule has 8 nitrogen and oxygen atoms in total. The van der Waals surface area contributed by atoms with Gasteiger partial charge in [0.25, 0.3) is 5.56 Å². The predicted molar refractivity (Wildman–Crippen MR) is 121 cm³/mol. The van der Waals surface area contributed by atoms with E-state index in [0.29, 0.717) is 34.5 Å². The maximum Gasteiger partial charge on any atom is 0.344 e. The number of methoxy groups -OCH3 is 1. The van der Waals surface area contributed by atoms with Crippen LogP contribution in [0.5, 0.6) is 11.5 Å². The summed E-state index contributed by atoms with van der Waals surface area (Å²) < 4.78 is 12.9. The van der Waals surface area contributed by atoms with Gasteiger partial charge in [0.2, 0.25) is 0 Å². The summed E-state index contributed by atoms with van der Waals surface area (Å²) in [6.45, 7) is 3.41. The van der Waals surface area contributed by atoms with Crippen molar-refractivity contribution in [2.75, 3.05) is 7.11 Å². The molecule has 1 atom stereocenters. The van der Waals surface area contributed by atoms with Crippen LogP contribution in [0, 0.1) is 0 Å². The molecule has 0 aliphatic rings. The number of aromatic nitrogens is 2. The molecule has 0 fully saturated rings. The van der Waals surface area contributed by atoms with Gasteiger partial charge in [-0.1, -0.05) is 28.9 Å². The van der Waals surface area contributed by atoms with Crippen LogP contribution in [0.1, 0.15) is 31.7 Å². The van der Waals surface area contributed by atoms with E-state index in [1.54, 1.807) is 30.3 Å². The zero-order valence-corrected chi connectivity index (χ0v) is 18.9. The average Bonchev–Trinajstić information content (AvgIpc) is 2.75. The molecule has 0 aliphatic heterocycles. The summed E-state index contributed by atoms with van der Waals surface area (Å²) in [5, 5.41) is 14.0. The molecule has 2 aromatic carbocycles. The molecule has 0 amide bonds. The number of carboxylic acid groups (broad SMARTS) is 1. The van der Waals surface area contributed by atoms with Crippen molar-refractivity contribution in [3.63, 3.8) is 0 Å². The summed E-state index contributed by atoms with van der Waals surface area (Å²) >= 11 is 3.38. The Labute approximate surface area is 187 Å². The molecule has 3 aromatic rings. The van der Waals surface area contributed by atoms with Crippen LogP contribution in [0.2, 0.25) is 0 Å². The van der Waals surface area contributed by atoms with Gasteiger partial charge in [-0.05, 0) is 43.7 Å². The molecule has 0 spiro atoms. The lowest BCUT2D eigenvalue weighted by Gasteiger charge is -2.16. The van der Waals surface area contributed by atoms with Crippen LogP contribution >= 0.6 is 15.9 Å². The number of aliphatic carboxylic acids is 1. The van der Waals surface area contributed by atoms with Crippen molar-refractivity contribution >= 4 is 39.0 Å². The van der Waals surface area contributed by atoms with Crippen LogP contribution in [-0.2, 0) is 11.2 Å². The molecular weight excluding hydrogens is 466 g/mol. The Hall–Kier alpha value is -3.20. The molecule has 1 heterocycles. The number of ether oxygens (including phenoxy) is 2. The first-order valence-electron chi connectivity index (χ1n) is 9.67. The van der Waals surface area contributed by atoms with Crippen molar-refractivity contribution in [1.29, 1.82) is 0 Å². The zero-order valence-electron chi connectivity index (χ0n) is 17.3. The highest BCUT2D eigenvalue weighted by atomic mass is 79.9. The van der Waals surface area contributed by atoms with Gasteiger partial charge in [-0.2, -0.15) is 9.78 Å². The highest BCUT2D eigenvalue weighted by Gasteiger charge is 2.18. The second kappa shape index (κ2) is 9.74. The van der Waals surface area contributed by atoms with Gasteiger partial charge in [-0.25, -0.2) is 9.78 Å². The summed E-state index contributed by atoms with van der Waals surface area (Å²) in [5.41, 5.74) is 0.773. The van der Waals surface area contributed by atoms with Crippen molar-refractivity contribution in [2.24, 2.45) is 5.10 Å². The van der Waals surface area contributed by atoms with Gasteiger partial charge in [0.15, 0.2) is 17.6 Å². The van der Waals surface area contributed by atoms with Gasteiger partial charge >= 0.3 is 5.97 Å². The SMILES string of the molecule is CCCc1nc2ccc(Br)cc2c(=O)n1N=Cc1cccc(OC)c1O[C@@H](C)C(=O)O. The Bertz CT molecular complexity index is 1210. The van der Waals surface area contributed by atoms with Gasteiger partial charge in [0.1, 0.15) is 5.82 Å². The summed E-state index contributed by atoms with van der Waals surface area (Å²) in [7, 11) is 1.46. The molecule has 9 heteroatoms. The molecule has 0 saturated heterocycles. The normalized spacial score (nSPS) is 12.3.